The first-order valence-corrected chi connectivity index (χ1v) is 4.79. The van der Waals surface area contributed by atoms with E-state index in [-0.39, 0.29) is 12.1 Å². The molecule has 0 unspecified atom stereocenters. The second-order valence-corrected chi connectivity index (χ2v) is 4.26. The van der Waals surface area contributed by atoms with Gasteiger partial charge in [0, 0.05) is 17.5 Å². The molecule has 1 N–H and O–H groups in total. The third-order valence-electron chi connectivity index (χ3n) is 2.43. The van der Waals surface area contributed by atoms with Crippen LogP contribution in [-0.4, -0.2) is 16.0 Å². The summed E-state index contributed by atoms with van der Waals surface area (Å²) >= 11 is 0. The summed E-state index contributed by atoms with van der Waals surface area (Å²) in [5, 5.41) is 19.3. The maximum absolute atomic E-state index is 10.7. The molecule has 0 bridgehead atoms. The van der Waals surface area contributed by atoms with Crippen molar-refractivity contribution in [3.8, 4) is 0 Å². The molecule has 0 spiro atoms. The Morgan fingerprint density at radius 1 is 1.50 bits per heavy atom. The molecule has 0 heterocycles. The minimum Gasteiger partial charge on any atom is -0.481 e. The number of non-ortho nitro benzene ring substituents is 1. The molecule has 0 saturated carbocycles. The molecule has 0 atom stereocenters. The Labute approximate surface area is 92.9 Å². The van der Waals surface area contributed by atoms with Gasteiger partial charge in [-0.3, -0.25) is 14.9 Å². The molecule has 5 heteroatoms. The highest BCUT2D eigenvalue weighted by Crippen LogP contribution is 2.29. The Hall–Kier alpha value is -1.91. The van der Waals surface area contributed by atoms with Gasteiger partial charge in [-0.2, -0.15) is 0 Å². The zero-order chi connectivity index (χ0) is 12.3. The highest BCUT2D eigenvalue weighted by Gasteiger charge is 2.25. The molecule has 0 aromatic heterocycles. The SMILES string of the molecule is CC(C)(CC(=O)O)c1cccc([N+](=O)[O-])c1. The number of hydrogen-bond acceptors (Lipinski definition) is 3. The Morgan fingerprint density at radius 3 is 2.62 bits per heavy atom. The predicted octanol–water partition coefficient (Wildman–Crippen LogP) is 2.35. The summed E-state index contributed by atoms with van der Waals surface area (Å²) in [5.74, 6) is -0.920. The molecule has 1 rings (SSSR count). The molecule has 5 nitrogen and oxygen atoms in total. The summed E-state index contributed by atoms with van der Waals surface area (Å²) in [7, 11) is 0. The van der Waals surface area contributed by atoms with Crippen LogP contribution in [0.25, 0.3) is 0 Å². The predicted molar refractivity (Wildman–Crippen MR) is 58.4 cm³/mol. The smallest absolute Gasteiger partial charge is 0.304 e. The topological polar surface area (TPSA) is 80.4 Å². The normalized spacial score (nSPS) is 11.1. The van der Waals surface area contributed by atoms with E-state index in [0.717, 1.165) is 0 Å². The van der Waals surface area contributed by atoms with Crippen molar-refractivity contribution in [2.24, 2.45) is 0 Å². The van der Waals surface area contributed by atoms with Crippen LogP contribution in [0.3, 0.4) is 0 Å². The fourth-order valence-electron chi connectivity index (χ4n) is 1.52. The van der Waals surface area contributed by atoms with Crippen molar-refractivity contribution in [2.45, 2.75) is 25.7 Å². The second kappa shape index (κ2) is 4.30. The van der Waals surface area contributed by atoms with Gasteiger partial charge in [-0.25, -0.2) is 0 Å². The van der Waals surface area contributed by atoms with Crippen molar-refractivity contribution < 1.29 is 14.8 Å². The quantitative estimate of drug-likeness (QED) is 0.627. The van der Waals surface area contributed by atoms with Crippen LogP contribution in [0.15, 0.2) is 24.3 Å². The monoisotopic (exact) mass is 223 g/mol. The number of rotatable bonds is 4. The van der Waals surface area contributed by atoms with Gasteiger partial charge in [0.1, 0.15) is 0 Å². The molecule has 0 fully saturated rings. The zero-order valence-corrected chi connectivity index (χ0v) is 9.14. The summed E-state index contributed by atoms with van der Waals surface area (Å²) in [6, 6.07) is 6.08. The van der Waals surface area contributed by atoms with Gasteiger partial charge in [-0.05, 0) is 5.56 Å². The van der Waals surface area contributed by atoms with Gasteiger partial charge < -0.3 is 5.11 Å². The molecule has 1 aromatic carbocycles. The highest BCUT2D eigenvalue weighted by atomic mass is 16.6. The number of aliphatic carboxylic acids is 1. The Morgan fingerprint density at radius 2 is 2.12 bits per heavy atom. The highest BCUT2D eigenvalue weighted by molar-refractivity contribution is 5.69. The number of carboxylic acids is 1. The van der Waals surface area contributed by atoms with Crippen LogP contribution >= 0.6 is 0 Å². The van der Waals surface area contributed by atoms with Gasteiger partial charge in [-0.1, -0.05) is 26.0 Å². The molecule has 1 aromatic rings. The fraction of sp³-hybridized carbons (Fsp3) is 0.364. The Kier molecular flexibility index (Phi) is 3.27. The minimum atomic E-state index is -0.920. The number of nitro groups is 1. The molecule has 0 aliphatic carbocycles. The number of carboxylic acid groups (broad SMARTS) is 1. The molecule has 16 heavy (non-hydrogen) atoms. The summed E-state index contributed by atoms with van der Waals surface area (Å²) in [6.45, 7) is 3.50. The molecular formula is C11H13NO4. The van der Waals surface area contributed by atoms with Gasteiger partial charge in [0.15, 0.2) is 0 Å². The molecule has 0 amide bonds. The average Bonchev–Trinajstić information content (AvgIpc) is 2.16. The van der Waals surface area contributed by atoms with E-state index in [4.69, 9.17) is 5.11 Å². The van der Waals surface area contributed by atoms with Crippen molar-refractivity contribution in [1.82, 2.24) is 0 Å². The van der Waals surface area contributed by atoms with Crippen molar-refractivity contribution in [3.63, 3.8) is 0 Å². The number of nitrogens with zero attached hydrogens (tertiary/aromatic N) is 1. The summed E-state index contributed by atoms with van der Waals surface area (Å²) < 4.78 is 0. The average molecular weight is 223 g/mol. The Balaban J connectivity index is 3.07. The van der Waals surface area contributed by atoms with Gasteiger partial charge in [0.05, 0.1) is 11.3 Å². The standard InChI is InChI=1S/C11H13NO4/c1-11(2,7-10(13)14)8-4-3-5-9(6-8)12(15)16/h3-6H,7H2,1-2H3,(H,13,14). The van der Waals surface area contributed by atoms with Crippen LogP contribution in [0.2, 0.25) is 0 Å². The number of hydrogen-bond donors (Lipinski definition) is 1. The zero-order valence-electron chi connectivity index (χ0n) is 9.14. The molecule has 86 valence electrons. The summed E-state index contributed by atoms with van der Waals surface area (Å²) in [5.41, 5.74) is 0.0257. The molecular weight excluding hydrogens is 210 g/mol. The molecule has 0 aliphatic heterocycles. The van der Waals surface area contributed by atoms with E-state index in [1.54, 1.807) is 26.0 Å². The third kappa shape index (κ3) is 2.79. The molecule has 0 aliphatic rings. The largest absolute Gasteiger partial charge is 0.481 e. The first kappa shape index (κ1) is 12.2. The van der Waals surface area contributed by atoms with E-state index in [0.29, 0.717) is 5.56 Å². The summed E-state index contributed by atoms with van der Waals surface area (Å²) in [4.78, 5) is 20.8. The van der Waals surface area contributed by atoms with Crippen LogP contribution < -0.4 is 0 Å². The van der Waals surface area contributed by atoms with Gasteiger partial charge in [0.2, 0.25) is 0 Å². The lowest BCUT2D eigenvalue weighted by Gasteiger charge is -2.22. The van der Waals surface area contributed by atoms with Gasteiger partial charge in [0.25, 0.3) is 5.69 Å². The van der Waals surface area contributed by atoms with E-state index >= 15 is 0 Å². The van der Waals surface area contributed by atoms with Crippen LogP contribution in [0.1, 0.15) is 25.8 Å². The number of carbonyl (C=O) groups is 1. The number of nitro benzene ring substituents is 1. The van der Waals surface area contributed by atoms with E-state index in [2.05, 4.69) is 0 Å². The number of benzene rings is 1. The second-order valence-electron chi connectivity index (χ2n) is 4.26. The minimum absolute atomic E-state index is 0.0176. The Bertz CT molecular complexity index is 426. The van der Waals surface area contributed by atoms with Crippen molar-refractivity contribution in [2.75, 3.05) is 0 Å². The van der Waals surface area contributed by atoms with Crippen LogP contribution in [0.5, 0.6) is 0 Å². The summed E-state index contributed by atoms with van der Waals surface area (Å²) in [6.07, 6.45) is -0.0613. The van der Waals surface area contributed by atoms with Crippen LogP contribution in [0, 0.1) is 10.1 Å². The fourth-order valence-corrected chi connectivity index (χ4v) is 1.52. The van der Waals surface area contributed by atoms with E-state index in [9.17, 15) is 14.9 Å². The lowest BCUT2D eigenvalue weighted by molar-refractivity contribution is -0.385. The van der Waals surface area contributed by atoms with Crippen molar-refractivity contribution in [3.05, 3.63) is 39.9 Å². The van der Waals surface area contributed by atoms with E-state index < -0.39 is 16.3 Å². The molecule has 0 saturated heterocycles. The van der Waals surface area contributed by atoms with E-state index in [1.165, 1.54) is 12.1 Å². The van der Waals surface area contributed by atoms with Crippen LogP contribution in [0.4, 0.5) is 5.69 Å². The van der Waals surface area contributed by atoms with E-state index in [1.807, 2.05) is 0 Å². The first-order chi connectivity index (χ1) is 7.33. The van der Waals surface area contributed by atoms with Gasteiger partial charge in [-0.15, -0.1) is 0 Å². The maximum atomic E-state index is 10.7. The van der Waals surface area contributed by atoms with Crippen molar-refractivity contribution >= 4 is 11.7 Å². The first-order valence-electron chi connectivity index (χ1n) is 4.79. The van der Waals surface area contributed by atoms with Crippen LogP contribution in [-0.2, 0) is 10.2 Å². The van der Waals surface area contributed by atoms with Gasteiger partial charge >= 0.3 is 5.97 Å². The third-order valence-corrected chi connectivity index (χ3v) is 2.43. The lowest BCUT2D eigenvalue weighted by atomic mass is 9.81. The lowest BCUT2D eigenvalue weighted by Crippen LogP contribution is -2.21. The maximum Gasteiger partial charge on any atom is 0.304 e. The molecule has 0 radical (unpaired) electrons. The van der Waals surface area contributed by atoms with Crippen molar-refractivity contribution in [1.29, 1.82) is 0 Å².